The van der Waals surface area contributed by atoms with Crippen molar-refractivity contribution in [2.24, 2.45) is 0 Å². The normalized spacial score (nSPS) is 15.6. The van der Waals surface area contributed by atoms with Crippen LogP contribution in [-0.2, 0) is 13.0 Å². The van der Waals surface area contributed by atoms with Crippen molar-refractivity contribution >= 4 is 45.9 Å². The molecule has 0 N–H and O–H groups in total. The first-order valence-corrected chi connectivity index (χ1v) is 9.22. The highest BCUT2D eigenvalue weighted by Crippen LogP contribution is 2.33. The van der Waals surface area contributed by atoms with Crippen LogP contribution >= 0.6 is 23.2 Å². The zero-order valence-electron chi connectivity index (χ0n) is 14.4. The molecule has 2 heterocycles. The zero-order chi connectivity index (χ0) is 17.6. The van der Waals surface area contributed by atoms with Crippen molar-refractivity contribution in [2.45, 2.75) is 19.9 Å². The van der Waals surface area contributed by atoms with Gasteiger partial charge < -0.3 is 9.47 Å². The van der Waals surface area contributed by atoms with Crippen LogP contribution in [0.3, 0.4) is 0 Å². The topological polar surface area (TPSA) is 8.17 Å². The van der Waals surface area contributed by atoms with Gasteiger partial charge in [0.1, 0.15) is 0 Å². The quantitative estimate of drug-likeness (QED) is 0.540. The second-order valence-corrected chi connectivity index (χ2v) is 7.64. The lowest BCUT2D eigenvalue weighted by Gasteiger charge is -2.23. The molecular weight excluding hydrogens is 351 g/mol. The van der Waals surface area contributed by atoms with Crippen molar-refractivity contribution < 1.29 is 0 Å². The van der Waals surface area contributed by atoms with Gasteiger partial charge in [-0.1, -0.05) is 35.3 Å². The van der Waals surface area contributed by atoms with Gasteiger partial charge in [0.15, 0.2) is 0 Å². The van der Waals surface area contributed by atoms with Gasteiger partial charge in [-0.3, -0.25) is 0 Å². The van der Waals surface area contributed by atoms with E-state index in [1.807, 2.05) is 18.2 Å². The van der Waals surface area contributed by atoms with Gasteiger partial charge in [-0.15, -0.1) is 0 Å². The standard InChI is InChI=1S/C21H20Cl2N2/c1-14(15-3-5-16(22)6-4-15)12-25-20-8-7-17(23)11-18(20)19-13-24(2)10-9-21(19)25/h3-8,11-12H,9-10,13H2,1-2H3/b14-12+. The van der Waals surface area contributed by atoms with Crippen molar-refractivity contribution in [3.8, 4) is 0 Å². The average Bonchev–Trinajstić information content (AvgIpc) is 2.88. The number of hydrogen-bond donors (Lipinski definition) is 0. The zero-order valence-corrected chi connectivity index (χ0v) is 15.9. The molecule has 0 fully saturated rings. The Balaban J connectivity index is 1.89. The molecule has 0 unspecified atom stereocenters. The van der Waals surface area contributed by atoms with Crippen LogP contribution in [0.2, 0.25) is 10.0 Å². The van der Waals surface area contributed by atoms with Gasteiger partial charge in [0.2, 0.25) is 0 Å². The number of likely N-dealkylation sites (N-methyl/N-ethyl adjacent to an activating group) is 1. The smallest absolute Gasteiger partial charge is 0.0529 e. The van der Waals surface area contributed by atoms with E-state index in [1.54, 1.807) is 0 Å². The second-order valence-electron chi connectivity index (χ2n) is 6.76. The van der Waals surface area contributed by atoms with Gasteiger partial charge in [-0.25, -0.2) is 0 Å². The third-order valence-corrected chi connectivity index (χ3v) is 5.45. The van der Waals surface area contributed by atoms with E-state index in [9.17, 15) is 0 Å². The lowest BCUT2D eigenvalue weighted by molar-refractivity contribution is 0.312. The molecule has 1 aliphatic rings. The molecule has 25 heavy (non-hydrogen) atoms. The number of nitrogens with zero attached hydrogens (tertiary/aromatic N) is 2. The molecule has 1 aromatic heterocycles. The number of hydrogen-bond acceptors (Lipinski definition) is 1. The third kappa shape index (κ3) is 3.10. The van der Waals surface area contributed by atoms with Gasteiger partial charge in [0.05, 0.1) is 5.52 Å². The average molecular weight is 371 g/mol. The van der Waals surface area contributed by atoms with Crippen molar-refractivity contribution in [3.63, 3.8) is 0 Å². The Hall–Kier alpha value is -1.74. The van der Waals surface area contributed by atoms with Crippen LogP contribution in [0, 0.1) is 0 Å². The van der Waals surface area contributed by atoms with E-state index < -0.39 is 0 Å². The van der Waals surface area contributed by atoms with Crippen LogP contribution in [0.25, 0.3) is 22.7 Å². The van der Waals surface area contributed by atoms with E-state index in [-0.39, 0.29) is 0 Å². The fourth-order valence-electron chi connectivity index (χ4n) is 3.63. The summed E-state index contributed by atoms with van der Waals surface area (Å²) in [4.78, 5) is 2.36. The highest BCUT2D eigenvalue weighted by molar-refractivity contribution is 6.31. The van der Waals surface area contributed by atoms with Gasteiger partial charge in [-0.05, 0) is 61.0 Å². The molecule has 0 saturated heterocycles. The van der Waals surface area contributed by atoms with Crippen molar-refractivity contribution in [1.29, 1.82) is 0 Å². The summed E-state index contributed by atoms with van der Waals surface area (Å²) in [6, 6.07) is 14.2. The Morgan fingerprint density at radius 2 is 1.76 bits per heavy atom. The molecule has 0 spiro atoms. The van der Waals surface area contributed by atoms with Gasteiger partial charge in [-0.2, -0.15) is 0 Å². The Morgan fingerprint density at radius 1 is 1.04 bits per heavy atom. The number of allylic oxidation sites excluding steroid dienone is 1. The highest BCUT2D eigenvalue weighted by atomic mass is 35.5. The molecule has 0 bridgehead atoms. The van der Waals surface area contributed by atoms with E-state index in [1.165, 1.54) is 33.3 Å². The second kappa shape index (κ2) is 6.53. The predicted octanol–water partition coefficient (Wildman–Crippen LogP) is 5.95. The minimum absolute atomic E-state index is 0.762. The van der Waals surface area contributed by atoms with Crippen LogP contribution in [0.5, 0.6) is 0 Å². The molecule has 4 heteroatoms. The van der Waals surface area contributed by atoms with Crippen molar-refractivity contribution in [3.05, 3.63) is 69.3 Å². The first-order chi connectivity index (χ1) is 12.0. The fourth-order valence-corrected chi connectivity index (χ4v) is 3.93. The van der Waals surface area contributed by atoms with Gasteiger partial charge in [0, 0.05) is 46.8 Å². The summed E-state index contributed by atoms with van der Waals surface area (Å²) < 4.78 is 2.35. The van der Waals surface area contributed by atoms with E-state index >= 15 is 0 Å². The fraction of sp³-hybridized carbons (Fsp3) is 0.238. The van der Waals surface area contributed by atoms with Crippen molar-refractivity contribution in [1.82, 2.24) is 9.47 Å². The molecule has 2 aromatic carbocycles. The Labute approximate surface area is 158 Å². The summed E-state index contributed by atoms with van der Waals surface area (Å²) in [5.74, 6) is 0. The SMILES string of the molecule is C/C(=C\n1c2c(c3cc(Cl)ccc31)CN(C)CC2)c1ccc(Cl)cc1. The van der Waals surface area contributed by atoms with E-state index in [4.69, 9.17) is 23.2 Å². The summed E-state index contributed by atoms with van der Waals surface area (Å²) in [7, 11) is 2.17. The lowest BCUT2D eigenvalue weighted by atomic mass is 10.1. The van der Waals surface area contributed by atoms with Gasteiger partial charge >= 0.3 is 0 Å². The van der Waals surface area contributed by atoms with E-state index in [0.29, 0.717) is 0 Å². The third-order valence-electron chi connectivity index (χ3n) is 4.96. The van der Waals surface area contributed by atoms with E-state index in [2.05, 4.69) is 53.9 Å². The highest BCUT2D eigenvalue weighted by Gasteiger charge is 2.22. The maximum atomic E-state index is 6.27. The van der Waals surface area contributed by atoms with Crippen LogP contribution < -0.4 is 0 Å². The molecule has 0 saturated carbocycles. The Bertz CT molecular complexity index is 968. The maximum absolute atomic E-state index is 6.27. The number of rotatable bonds is 2. The monoisotopic (exact) mass is 370 g/mol. The van der Waals surface area contributed by atoms with Gasteiger partial charge in [0.25, 0.3) is 0 Å². The molecular formula is C21H20Cl2N2. The molecule has 1 aliphatic heterocycles. The summed E-state index contributed by atoms with van der Waals surface area (Å²) in [6.45, 7) is 4.18. The van der Waals surface area contributed by atoms with Crippen LogP contribution in [0.4, 0.5) is 0 Å². The maximum Gasteiger partial charge on any atom is 0.0529 e. The van der Waals surface area contributed by atoms with Crippen LogP contribution in [-0.4, -0.2) is 23.1 Å². The summed E-state index contributed by atoms with van der Waals surface area (Å²) in [5.41, 5.74) is 6.40. The minimum atomic E-state index is 0.762. The largest absolute Gasteiger partial charge is 0.320 e. The lowest BCUT2D eigenvalue weighted by Crippen LogP contribution is -2.26. The van der Waals surface area contributed by atoms with Crippen molar-refractivity contribution in [2.75, 3.05) is 13.6 Å². The summed E-state index contributed by atoms with van der Waals surface area (Å²) in [5, 5.41) is 2.81. The molecule has 128 valence electrons. The summed E-state index contributed by atoms with van der Waals surface area (Å²) in [6.07, 6.45) is 3.28. The first-order valence-electron chi connectivity index (χ1n) is 8.47. The number of benzene rings is 2. The number of fused-ring (bicyclic) bond motifs is 3. The first kappa shape index (κ1) is 16.7. The van der Waals surface area contributed by atoms with Crippen LogP contribution in [0.15, 0.2) is 42.5 Å². The summed E-state index contributed by atoms with van der Waals surface area (Å²) >= 11 is 12.3. The molecule has 0 amide bonds. The minimum Gasteiger partial charge on any atom is -0.320 e. The number of aromatic nitrogens is 1. The molecule has 4 rings (SSSR count). The Morgan fingerprint density at radius 3 is 2.52 bits per heavy atom. The molecule has 0 aliphatic carbocycles. The Kier molecular flexibility index (Phi) is 4.36. The van der Waals surface area contributed by atoms with E-state index in [0.717, 1.165) is 29.6 Å². The number of halogens is 2. The molecule has 0 atom stereocenters. The predicted molar refractivity (Wildman–Crippen MR) is 108 cm³/mol. The molecule has 3 aromatic rings. The molecule has 0 radical (unpaired) electrons. The molecule has 2 nitrogen and oxygen atoms in total. The van der Waals surface area contributed by atoms with Crippen LogP contribution in [0.1, 0.15) is 23.7 Å².